The average molecular weight is 413 g/mol. The van der Waals surface area contributed by atoms with E-state index in [0.29, 0.717) is 5.56 Å². The van der Waals surface area contributed by atoms with Crippen molar-refractivity contribution >= 4 is 16.9 Å². The molecule has 2 fully saturated rings. The zero-order valence-corrected chi connectivity index (χ0v) is 17.9. The van der Waals surface area contributed by atoms with E-state index in [1.54, 1.807) is 12.1 Å². The molecular weight excluding hydrogens is 384 g/mol. The van der Waals surface area contributed by atoms with Crippen LogP contribution in [0.5, 0.6) is 0 Å². The van der Waals surface area contributed by atoms with Gasteiger partial charge in [0, 0.05) is 35.2 Å². The monoisotopic (exact) mass is 412 g/mol. The Morgan fingerprint density at radius 3 is 2.65 bits per heavy atom. The standard InChI is InChI=1S/C27H28N2O2/c1-3-18-14-17(2)26-23(10-12-28-26)24(18)16-29-13-11-22(19-4-5-19)15-25(29)20-6-8-21(9-7-20)27(30)31/h1,6-10,12,14,19,22,25,28H,4-5,11,13,15-16H2,2H3,(H,30,31)/t22-,25-/m0/s1. The first kappa shape index (κ1) is 19.9. The second-order valence-electron chi connectivity index (χ2n) is 9.17. The number of aromatic amines is 1. The molecule has 0 amide bonds. The predicted molar refractivity (Wildman–Crippen MR) is 123 cm³/mol. The van der Waals surface area contributed by atoms with Crippen molar-refractivity contribution in [3.05, 3.63) is 70.4 Å². The van der Waals surface area contributed by atoms with Crippen LogP contribution in [0.25, 0.3) is 10.9 Å². The van der Waals surface area contributed by atoms with Crippen LogP contribution in [0.1, 0.15) is 64.3 Å². The fraction of sp³-hybridized carbons (Fsp3) is 0.370. The van der Waals surface area contributed by atoms with Crippen molar-refractivity contribution in [1.82, 2.24) is 9.88 Å². The Labute approximate surface area is 183 Å². The van der Waals surface area contributed by atoms with Crippen molar-refractivity contribution in [3.63, 3.8) is 0 Å². The van der Waals surface area contributed by atoms with Gasteiger partial charge in [0.25, 0.3) is 0 Å². The zero-order valence-electron chi connectivity index (χ0n) is 17.9. The van der Waals surface area contributed by atoms with Crippen molar-refractivity contribution in [1.29, 1.82) is 0 Å². The van der Waals surface area contributed by atoms with E-state index in [1.165, 1.54) is 41.3 Å². The molecule has 4 nitrogen and oxygen atoms in total. The summed E-state index contributed by atoms with van der Waals surface area (Å²) in [4.78, 5) is 17.2. The fourth-order valence-corrected chi connectivity index (χ4v) is 5.39. The molecule has 1 saturated carbocycles. The summed E-state index contributed by atoms with van der Waals surface area (Å²) >= 11 is 0. The Balaban J connectivity index is 1.50. The molecule has 2 atom stereocenters. The quantitative estimate of drug-likeness (QED) is 0.543. The summed E-state index contributed by atoms with van der Waals surface area (Å²) in [6.07, 6.45) is 13.0. The van der Waals surface area contributed by atoms with Gasteiger partial charge in [-0.1, -0.05) is 18.1 Å². The van der Waals surface area contributed by atoms with Crippen LogP contribution in [0.4, 0.5) is 0 Å². The SMILES string of the molecule is C#Cc1cc(C)c2[nH]ccc2c1CN1CC[C@H](C2CC2)C[C@H]1c1ccc(C(=O)O)cc1. The summed E-state index contributed by atoms with van der Waals surface area (Å²) < 4.78 is 0. The molecule has 4 heteroatoms. The summed E-state index contributed by atoms with van der Waals surface area (Å²) in [6, 6.07) is 12.0. The number of carboxylic acids is 1. The number of H-pyrrole nitrogens is 1. The predicted octanol–water partition coefficient (Wildman–Crippen LogP) is 5.52. The molecule has 3 aromatic rings. The van der Waals surface area contributed by atoms with E-state index in [4.69, 9.17) is 6.42 Å². The number of likely N-dealkylation sites (tertiary alicyclic amines) is 1. The lowest BCUT2D eigenvalue weighted by molar-refractivity contribution is 0.0696. The van der Waals surface area contributed by atoms with Crippen LogP contribution < -0.4 is 0 Å². The molecule has 2 aliphatic rings. The van der Waals surface area contributed by atoms with E-state index in [9.17, 15) is 9.90 Å². The van der Waals surface area contributed by atoms with Crippen molar-refractivity contribution in [2.75, 3.05) is 6.54 Å². The summed E-state index contributed by atoms with van der Waals surface area (Å²) in [7, 11) is 0. The Morgan fingerprint density at radius 1 is 1.19 bits per heavy atom. The molecule has 2 heterocycles. The molecule has 1 aliphatic heterocycles. The lowest BCUT2D eigenvalue weighted by atomic mass is 9.83. The molecular formula is C27H28N2O2. The molecule has 2 aromatic carbocycles. The molecule has 0 radical (unpaired) electrons. The highest BCUT2D eigenvalue weighted by molar-refractivity contribution is 5.88. The molecule has 1 aliphatic carbocycles. The van der Waals surface area contributed by atoms with Gasteiger partial charge in [-0.2, -0.15) is 0 Å². The first-order chi connectivity index (χ1) is 15.0. The van der Waals surface area contributed by atoms with E-state index in [0.717, 1.165) is 42.4 Å². The van der Waals surface area contributed by atoms with Gasteiger partial charge in [-0.25, -0.2) is 4.79 Å². The maximum Gasteiger partial charge on any atom is 0.335 e. The summed E-state index contributed by atoms with van der Waals surface area (Å²) in [5.74, 6) is 3.67. The number of hydrogen-bond acceptors (Lipinski definition) is 2. The minimum absolute atomic E-state index is 0.281. The Morgan fingerprint density at radius 2 is 1.97 bits per heavy atom. The van der Waals surface area contributed by atoms with Crippen molar-refractivity contribution in [3.8, 4) is 12.3 Å². The number of carbonyl (C=O) groups is 1. The van der Waals surface area contributed by atoms with E-state index in [1.807, 2.05) is 18.3 Å². The number of benzene rings is 2. The maximum atomic E-state index is 11.3. The second kappa shape index (κ2) is 7.90. The van der Waals surface area contributed by atoms with Crippen LogP contribution in [0.2, 0.25) is 0 Å². The van der Waals surface area contributed by atoms with Crippen LogP contribution in [0.15, 0.2) is 42.6 Å². The number of aromatic carboxylic acids is 1. The topological polar surface area (TPSA) is 56.3 Å². The van der Waals surface area contributed by atoms with E-state index in [-0.39, 0.29) is 6.04 Å². The minimum atomic E-state index is -0.879. The lowest BCUT2D eigenvalue weighted by Gasteiger charge is -2.40. The van der Waals surface area contributed by atoms with Crippen molar-refractivity contribution in [2.24, 2.45) is 11.8 Å². The highest BCUT2D eigenvalue weighted by Gasteiger charge is 2.38. The molecule has 31 heavy (non-hydrogen) atoms. The lowest BCUT2D eigenvalue weighted by Crippen LogP contribution is -2.37. The number of hydrogen-bond donors (Lipinski definition) is 2. The molecule has 2 N–H and O–H groups in total. The molecule has 158 valence electrons. The smallest absolute Gasteiger partial charge is 0.335 e. The van der Waals surface area contributed by atoms with E-state index in [2.05, 4.69) is 34.9 Å². The molecule has 1 saturated heterocycles. The third kappa shape index (κ3) is 3.75. The van der Waals surface area contributed by atoms with Gasteiger partial charge in [-0.3, -0.25) is 4.90 Å². The second-order valence-corrected chi connectivity index (χ2v) is 9.17. The van der Waals surface area contributed by atoms with Crippen LogP contribution >= 0.6 is 0 Å². The number of carboxylic acid groups (broad SMARTS) is 1. The third-order valence-electron chi connectivity index (χ3n) is 7.25. The van der Waals surface area contributed by atoms with Crippen LogP contribution in [0.3, 0.4) is 0 Å². The Kier molecular flexibility index (Phi) is 5.08. The first-order valence-electron chi connectivity index (χ1n) is 11.2. The normalized spacial score (nSPS) is 21.8. The maximum absolute atomic E-state index is 11.3. The average Bonchev–Trinajstić information content (AvgIpc) is 3.51. The molecule has 0 unspecified atom stereocenters. The van der Waals surface area contributed by atoms with Crippen LogP contribution in [-0.4, -0.2) is 27.5 Å². The van der Waals surface area contributed by atoms with Gasteiger partial charge in [-0.05, 0) is 91.9 Å². The fourth-order valence-electron chi connectivity index (χ4n) is 5.39. The number of piperidine rings is 1. The van der Waals surface area contributed by atoms with Gasteiger partial charge in [0.2, 0.25) is 0 Å². The third-order valence-corrected chi connectivity index (χ3v) is 7.25. The number of aryl methyl sites for hydroxylation is 1. The highest BCUT2D eigenvalue weighted by Crippen LogP contribution is 2.47. The number of nitrogens with one attached hydrogen (secondary N) is 1. The summed E-state index contributed by atoms with van der Waals surface area (Å²) in [5, 5.41) is 10.5. The molecule has 5 rings (SSSR count). The van der Waals surface area contributed by atoms with Gasteiger partial charge < -0.3 is 10.1 Å². The Bertz CT molecular complexity index is 1160. The zero-order chi connectivity index (χ0) is 21.5. The Hall–Kier alpha value is -3.03. The van der Waals surface area contributed by atoms with Gasteiger partial charge in [0.15, 0.2) is 0 Å². The molecule has 0 spiro atoms. The largest absolute Gasteiger partial charge is 0.478 e. The van der Waals surface area contributed by atoms with E-state index >= 15 is 0 Å². The van der Waals surface area contributed by atoms with Gasteiger partial charge in [0.1, 0.15) is 0 Å². The highest BCUT2D eigenvalue weighted by atomic mass is 16.4. The van der Waals surface area contributed by atoms with Crippen molar-refractivity contribution in [2.45, 2.75) is 45.2 Å². The number of terminal acetylenes is 1. The first-order valence-corrected chi connectivity index (χ1v) is 11.2. The number of fused-ring (bicyclic) bond motifs is 1. The molecule has 1 aromatic heterocycles. The van der Waals surface area contributed by atoms with Crippen LogP contribution in [-0.2, 0) is 6.54 Å². The van der Waals surface area contributed by atoms with Crippen molar-refractivity contribution < 1.29 is 9.90 Å². The van der Waals surface area contributed by atoms with Crippen LogP contribution in [0, 0.1) is 31.1 Å². The number of rotatable bonds is 5. The minimum Gasteiger partial charge on any atom is -0.478 e. The number of nitrogens with zero attached hydrogens (tertiary/aromatic N) is 1. The summed E-state index contributed by atoms with van der Waals surface area (Å²) in [5.41, 5.74) is 6.05. The van der Waals surface area contributed by atoms with Gasteiger partial charge in [0.05, 0.1) is 5.56 Å². The van der Waals surface area contributed by atoms with Gasteiger partial charge in [-0.15, -0.1) is 6.42 Å². The molecule has 0 bridgehead atoms. The number of aromatic nitrogens is 1. The summed E-state index contributed by atoms with van der Waals surface area (Å²) in [6.45, 7) is 3.94. The van der Waals surface area contributed by atoms with Gasteiger partial charge >= 0.3 is 5.97 Å². The van der Waals surface area contributed by atoms with E-state index < -0.39 is 5.97 Å².